The molecular formula is C19H26N6O. The van der Waals surface area contributed by atoms with Crippen molar-refractivity contribution >= 4 is 11.6 Å². The molecule has 2 saturated heterocycles. The molecule has 0 saturated carbocycles. The Morgan fingerprint density at radius 1 is 1.08 bits per heavy atom. The van der Waals surface area contributed by atoms with Gasteiger partial charge in [0.1, 0.15) is 12.2 Å². The van der Waals surface area contributed by atoms with Crippen molar-refractivity contribution in [2.45, 2.75) is 25.4 Å². The summed E-state index contributed by atoms with van der Waals surface area (Å²) < 4.78 is 1.97. The summed E-state index contributed by atoms with van der Waals surface area (Å²) in [6.07, 6.45) is 3.76. The third-order valence-corrected chi connectivity index (χ3v) is 5.50. The summed E-state index contributed by atoms with van der Waals surface area (Å²) in [5.41, 5.74) is 1.02. The van der Waals surface area contributed by atoms with Crippen LogP contribution in [0.1, 0.15) is 18.7 Å². The topological polar surface area (TPSA) is 57.5 Å². The number of rotatable bonds is 4. The molecule has 0 N–H and O–H groups in total. The Kier molecular flexibility index (Phi) is 4.99. The molecule has 0 aliphatic carbocycles. The number of carbonyl (C=O) groups excluding carboxylic acids is 1. The normalized spacial score (nSPS) is 22.7. The maximum atomic E-state index is 13.1. The van der Waals surface area contributed by atoms with Crippen LogP contribution >= 0.6 is 0 Å². The van der Waals surface area contributed by atoms with Crippen LogP contribution in [0, 0.1) is 0 Å². The quantitative estimate of drug-likeness (QED) is 0.824. The van der Waals surface area contributed by atoms with Crippen LogP contribution in [-0.4, -0.2) is 69.2 Å². The number of amides is 1. The molecule has 1 atom stereocenters. The van der Waals surface area contributed by atoms with Crippen LogP contribution in [0.4, 0.5) is 5.69 Å². The number of aromatic nitrogens is 3. The predicted molar refractivity (Wildman–Crippen MR) is 99.7 cm³/mol. The van der Waals surface area contributed by atoms with Gasteiger partial charge in [0.25, 0.3) is 0 Å². The lowest BCUT2D eigenvalue weighted by molar-refractivity contribution is -0.126. The molecule has 2 fully saturated rings. The first kappa shape index (κ1) is 17.2. The van der Waals surface area contributed by atoms with Gasteiger partial charge in [-0.2, -0.15) is 0 Å². The number of hydrogen-bond acceptors (Lipinski definition) is 5. The van der Waals surface area contributed by atoms with E-state index in [9.17, 15) is 4.79 Å². The standard InChI is InChI=1S/C19H26N6O/c1-22-15-20-21-18(22)14-23-10-12-24(13-11-23)17-8-5-9-25(19(17)26)16-6-3-2-4-7-16/h2-4,6-7,15,17H,5,8-14H2,1H3/t17-/m0/s1. The summed E-state index contributed by atoms with van der Waals surface area (Å²) in [5.74, 6) is 1.24. The van der Waals surface area contributed by atoms with Gasteiger partial charge in [-0.3, -0.25) is 14.6 Å². The van der Waals surface area contributed by atoms with Crippen molar-refractivity contribution < 1.29 is 4.79 Å². The number of para-hydroxylation sites is 1. The van der Waals surface area contributed by atoms with Crippen molar-refractivity contribution in [3.8, 4) is 0 Å². The number of piperidine rings is 1. The number of piperazine rings is 1. The fourth-order valence-electron chi connectivity index (χ4n) is 3.94. The second-order valence-electron chi connectivity index (χ2n) is 7.15. The highest BCUT2D eigenvalue weighted by Gasteiger charge is 2.35. The summed E-state index contributed by atoms with van der Waals surface area (Å²) >= 11 is 0. The third-order valence-electron chi connectivity index (χ3n) is 5.50. The van der Waals surface area contributed by atoms with Crippen molar-refractivity contribution in [2.24, 2.45) is 7.05 Å². The van der Waals surface area contributed by atoms with Gasteiger partial charge in [0, 0.05) is 45.5 Å². The van der Waals surface area contributed by atoms with Gasteiger partial charge < -0.3 is 9.47 Å². The molecule has 2 aliphatic rings. The maximum absolute atomic E-state index is 13.1. The zero-order valence-corrected chi connectivity index (χ0v) is 15.3. The highest BCUT2D eigenvalue weighted by atomic mass is 16.2. The smallest absolute Gasteiger partial charge is 0.244 e. The molecule has 4 rings (SSSR count). The Hall–Kier alpha value is -2.25. The Bertz CT molecular complexity index is 737. The van der Waals surface area contributed by atoms with E-state index in [1.165, 1.54) is 0 Å². The van der Waals surface area contributed by atoms with Gasteiger partial charge in [0.15, 0.2) is 0 Å². The molecule has 2 aliphatic heterocycles. The molecule has 7 nitrogen and oxygen atoms in total. The van der Waals surface area contributed by atoms with E-state index in [-0.39, 0.29) is 11.9 Å². The molecule has 138 valence electrons. The Balaban J connectivity index is 1.36. The summed E-state index contributed by atoms with van der Waals surface area (Å²) in [5, 5.41) is 8.12. The summed E-state index contributed by atoms with van der Waals surface area (Å²) in [4.78, 5) is 19.8. The first-order chi connectivity index (χ1) is 12.7. The van der Waals surface area contributed by atoms with Crippen LogP contribution in [-0.2, 0) is 18.4 Å². The van der Waals surface area contributed by atoms with E-state index < -0.39 is 0 Å². The molecule has 3 heterocycles. The zero-order chi connectivity index (χ0) is 17.9. The molecule has 0 radical (unpaired) electrons. The molecule has 2 aromatic rings. The fraction of sp³-hybridized carbons (Fsp3) is 0.526. The Morgan fingerprint density at radius 3 is 2.54 bits per heavy atom. The first-order valence-electron chi connectivity index (χ1n) is 9.38. The molecule has 1 aromatic heterocycles. The van der Waals surface area contributed by atoms with E-state index in [0.717, 1.165) is 63.6 Å². The van der Waals surface area contributed by atoms with Gasteiger partial charge in [0.05, 0.1) is 12.6 Å². The fourth-order valence-corrected chi connectivity index (χ4v) is 3.94. The summed E-state index contributed by atoms with van der Waals surface area (Å²) in [6, 6.07) is 10.1. The molecular weight excluding hydrogens is 328 g/mol. The number of hydrogen-bond donors (Lipinski definition) is 0. The van der Waals surface area contributed by atoms with Crippen LogP contribution in [0.2, 0.25) is 0 Å². The van der Waals surface area contributed by atoms with Crippen LogP contribution < -0.4 is 4.90 Å². The van der Waals surface area contributed by atoms with Crippen molar-refractivity contribution in [1.29, 1.82) is 0 Å². The Morgan fingerprint density at radius 2 is 1.85 bits per heavy atom. The minimum absolute atomic E-state index is 0.0148. The number of carbonyl (C=O) groups is 1. The highest BCUT2D eigenvalue weighted by Crippen LogP contribution is 2.24. The van der Waals surface area contributed by atoms with Crippen molar-refractivity contribution in [1.82, 2.24) is 24.6 Å². The molecule has 1 aromatic carbocycles. The van der Waals surface area contributed by atoms with Gasteiger partial charge in [-0.05, 0) is 25.0 Å². The average molecular weight is 354 g/mol. The molecule has 0 spiro atoms. The number of anilines is 1. The number of aryl methyl sites for hydroxylation is 1. The minimum Gasteiger partial charge on any atom is -0.320 e. The minimum atomic E-state index is 0.0148. The van der Waals surface area contributed by atoms with E-state index in [0.29, 0.717) is 0 Å². The van der Waals surface area contributed by atoms with Gasteiger partial charge in [-0.1, -0.05) is 18.2 Å². The third kappa shape index (κ3) is 3.50. The van der Waals surface area contributed by atoms with Gasteiger partial charge in [-0.25, -0.2) is 0 Å². The van der Waals surface area contributed by atoms with Crippen molar-refractivity contribution in [2.75, 3.05) is 37.6 Å². The van der Waals surface area contributed by atoms with E-state index in [4.69, 9.17) is 0 Å². The second-order valence-corrected chi connectivity index (χ2v) is 7.15. The molecule has 7 heteroatoms. The monoisotopic (exact) mass is 354 g/mol. The van der Waals surface area contributed by atoms with E-state index in [1.54, 1.807) is 6.33 Å². The van der Waals surface area contributed by atoms with Crippen molar-refractivity contribution in [3.05, 3.63) is 42.5 Å². The molecule has 0 bridgehead atoms. The molecule has 1 amide bonds. The highest BCUT2D eigenvalue weighted by molar-refractivity contribution is 5.97. The zero-order valence-electron chi connectivity index (χ0n) is 15.3. The predicted octanol–water partition coefficient (Wildman–Crippen LogP) is 1.13. The maximum Gasteiger partial charge on any atom is 0.244 e. The van der Waals surface area contributed by atoms with Crippen LogP contribution in [0.15, 0.2) is 36.7 Å². The first-order valence-corrected chi connectivity index (χ1v) is 9.38. The SMILES string of the molecule is Cn1cnnc1CN1CCN([C@H]2CCCN(c3ccccc3)C2=O)CC1. The van der Waals surface area contributed by atoms with Gasteiger partial charge in [0.2, 0.25) is 5.91 Å². The summed E-state index contributed by atoms with van der Waals surface area (Å²) in [7, 11) is 1.98. The lowest BCUT2D eigenvalue weighted by Crippen LogP contribution is -2.57. The number of nitrogens with zero attached hydrogens (tertiary/aromatic N) is 6. The summed E-state index contributed by atoms with van der Waals surface area (Å²) in [6.45, 7) is 5.42. The van der Waals surface area contributed by atoms with E-state index >= 15 is 0 Å². The van der Waals surface area contributed by atoms with Crippen molar-refractivity contribution in [3.63, 3.8) is 0 Å². The van der Waals surface area contributed by atoms with Crippen LogP contribution in [0.25, 0.3) is 0 Å². The van der Waals surface area contributed by atoms with Gasteiger partial charge >= 0.3 is 0 Å². The van der Waals surface area contributed by atoms with E-state index in [1.807, 2.05) is 46.8 Å². The number of benzene rings is 1. The molecule has 0 unspecified atom stereocenters. The van der Waals surface area contributed by atoms with Gasteiger partial charge in [-0.15, -0.1) is 10.2 Å². The van der Waals surface area contributed by atoms with Crippen LogP contribution in [0.3, 0.4) is 0 Å². The van der Waals surface area contributed by atoms with E-state index in [2.05, 4.69) is 20.0 Å². The lowest BCUT2D eigenvalue weighted by atomic mass is 10.0. The lowest BCUT2D eigenvalue weighted by Gasteiger charge is -2.42. The second kappa shape index (κ2) is 7.55. The largest absolute Gasteiger partial charge is 0.320 e. The Labute approximate surface area is 154 Å². The molecule has 26 heavy (non-hydrogen) atoms. The van der Waals surface area contributed by atoms with Crippen LogP contribution in [0.5, 0.6) is 0 Å². The average Bonchev–Trinajstić information content (AvgIpc) is 3.08.